The first-order valence-electron chi connectivity index (χ1n) is 11.2. The summed E-state index contributed by atoms with van der Waals surface area (Å²) in [5, 5.41) is 3.73. The molecule has 0 saturated carbocycles. The Balaban J connectivity index is 1.78. The number of nitrogens with one attached hydrogen (secondary N) is 1. The molecule has 0 aliphatic rings. The summed E-state index contributed by atoms with van der Waals surface area (Å²) >= 11 is 6.49. The molecule has 0 amide bonds. The van der Waals surface area contributed by atoms with Crippen LogP contribution in [-0.4, -0.2) is 25.2 Å². The number of rotatable bonds is 11. The SMILES string of the molecule is CCOP(=O)(CC=Cc1ccccc1Nc1ccc(C(=O)c2ccccc2C)c(Cl)c1)OCC. The topological polar surface area (TPSA) is 64.6 Å². The molecule has 0 aromatic heterocycles. The fourth-order valence-corrected chi connectivity index (χ4v) is 5.21. The van der Waals surface area contributed by atoms with Crippen molar-refractivity contribution < 1.29 is 18.4 Å². The maximum absolute atomic E-state index is 12.9. The first kappa shape index (κ1) is 25.9. The van der Waals surface area contributed by atoms with Crippen LogP contribution in [0.5, 0.6) is 0 Å². The maximum atomic E-state index is 12.9. The molecule has 1 N–H and O–H groups in total. The quantitative estimate of drug-likeness (QED) is 0.215. The molecule has 0 unspecified atom stereocenters. The van der Waals surface area contributed by atoms with Gasteiger partial charge in [-0.15, -0.1) is 0 Å². The third kappa shape index (κ3) is 6.68. The van der Waals surface area contributed by atoms with Crippen LogP contribution in [0.15, 0.2) is 72.8 Å². The number of carbonyl (C=O) groups excluding carboxylic acids is 1. The lowest BCUT2D eigenvalue weighted by molar-refractivity contribution is 0.103. The van der Waals surface area contributed by atoms with Gasteiger partial charge in [-0.3, -0.25) is 9.36 Å². The van der Waals surface area contributed by atoms with Crippen molar-refractivity contribution in [2.75, 3.05) is 24.7 Å². The van der Waals surface area contributed by atoms with Crippen LogP contribution >= 0.6 is 19.2 Å². The molecule has 0 saturated heterocycles. The lowest BCUT2D eigenvalue weighted by Gasteiger charge is -2.15. The van der Waals surface area contributed by atoms with Gasteiger partial charge in [-0.25, -0.2) is 0 Å². The molecule has 0 aliphatic carbocycles. The number of benzene rings is 3. The van der Waals surface area contributed by atoms with Crippen molar-refractivity contribution in [3.05, 3.63) is 100 Å². The molecule has 0 bridgehead atoms. The van der Waals surface area contributed by atoms with Crippen molar-refractivity contribution in [3.8, 4) is 0 Å². The summed E-state index contributed by atoms with van der Waals surface area (Å²) in [6.07, 6.45) is 3.86. The molecule has 0 fully saturated rings. The van der Waals surface area contributed by atoms with Crippen LogP contribution in [0.1, 0.15) is 40.9 Å². The highest BCUT2D eigenvalue weighted by Crippen LogP contribution is 2.48. The third-order valence-electron chi connectivity index (χ3n) is 5.12. The molecule has 3 aromatic rings. The molecule has 3 rings (SSSR count). The van der Waals surface area contributed by atoms with Crippen molar-refractivity contribution in [1.82, 2.24) is 0 Å². The molecule has 34 heavy (non-hydrogen) atoms. The zero-order chi connectivity index (χ0) is 24.6. The van der Waals surface area contributed by atoms with Gasteiger partial charge in [-0.2, -0.15) is 0 Å². The zero-order valence-corrected chi connectivity index (χ0v) is 21.2. The molecule has 0 radical (unpaired) electrons. The smallest absolute Gasteiger partial charge is 0.334 e. The molecule has 178 valence electrons. The highest BCUT2D eigenvalue weighted by Gasteiger charge is 2.21. The summed E-state index contributed by atoms with van der Waals surface area (Å²) < 4.78 is 23.4. The molecule has 0 aliphatic heterocycles. The van der Waals surface area contributed by atoms with Gasteiger partial charge in [0.25, 0.3) is 0 Å². The number of carbonyl (C=O) groups is 1. The van der Waals surface area contributed by atoms with Crippen LogP contribution in [0.4, 0.5) is 11.4 Å². The fraction of sp³-hybridized carbons (Fsp3) is 0.222. The highest BCUT2D eigenvalue weighted by atomic mass is 35.5. The minimum atomic E-state index is -3.15. The van der Waals surface area contributed by atoms with Gasteiger partial charge in [-0.1, -0.05) is 66.2 Å². The summed E-state index contributed by atoms with van der Waals surface area (Å²) in [4.78, 5) is 12.9. The third-order valence-corrected chi connectivity index (χ3v) is 7.40. The lowest BCUT2D eigenvalue weighted by atomic mass is 9.99. The predicted octanol–water partition coefficient (Wildman–Crippen LogP) is 7.90. The van der Waals surface area contributed by atoms with Crippen molar-refractivity contribution >= 4 is 42.4 Å². The predicted molar refractivity (Wildman–Crippen MR) is 141 cm³/mol. The van der Waals surface area contributed by atoms with E-state index in [0.717, 1.165) is 22.5 Å². The van der Waals surface area contributed by atoms with E-state index >= 15 is 0 Å². The number of hydrogen-bond acceptors (Lipinski definition) is 5. The number of aryl methyl sites for hydroxylation is 1. The van der Waals surface area contributed by atoms with Gasteiger partial charge in [0.1, 0.15) is 0 Å². The minimum absolute atomic E-state index is 0.106. The van der Waals surface area contributed by atoms with Gasteiger partial charge >= 0.3 is 7.60 Å². The zero-order valence-electron chi connectivity index (χ0n) is 19.6. The second-order valence-corrected chi connectivity index (χ2v) is 10.1. The van der Waals surface area contributed by atoms with E-state index in [1.54, 1.807) is 38.1 Å². The monoisotopic (exact) mass is 497 g/mol. The maximum Gasteiger partial charge on any atom is 0.334 e. The van der Waals surface area contributed by atoms with Gasteiger partial charge in [0.2, 0.25) is 0 Å². The fourth-order valence-electron chi connectivity index (χ4n) is 3.51. The average Bonchev–Trinajstić information content (AvgIpc) is 2.80. The van der Waals surface area contributed by atoms with Crippen LogP contribution in [0.2, 0.25) is 5.02 Å². The van der Waals surface area contributed by atoms with Crippen LogP contribution in [0.25, 0.3) is 6.08 Å². The number of halogens is 1. The van der Waals surface area contributed by atoms with Gasteiger partial charge in [0.05, 0.1) is 24.4 Å². The van der Waals surface area contributed by atoms with Crippen molar-refractivity contribution in [1.29, 1.82) is 0 Å². The Bertz CT molecular complexity index is 1210. The largest absolute Gasteiger partial charge is 0.355 e. The van der Waals surface area contributed by atoms with Crippen molar-refractivity contribution in [2.24, 2.45) is 0 Å². The summed E-state index contributed by atoms with van der Waals surface area (Å²) in [6, 6.07) is 20.5. The number of hydrogen-bond donors (Lipinski definition) is 1. The highest BCUT2D eigenvalue weighted by molar-refractivity contribution is 7.54. The van der Waals surface area contributed by atoms with Gasteiger partial charge in [-0.05, 0) is 56.2 Å². The van der Waals surface area contributed by atoms with E-state index in [2.05, 4.69) is 5.32 Å². The summed E-state index contributed by atoms with van der Waals surface area (Å²) in [5.74, 6) is -0.106. The van der Waals surface area contributed by atoms with Gasteiger partial charge < -0.3 is 14.4 Å². The molecule has 0 heterocycles. The second kappa shape index (κ2) is 12.1. The Labute approximate surface area is 206 Å². The first-order chi connectivity index (χ1) is 16.4. The Morgan fingerprint density at radius 2 is 1.65 bits per heavy atom. The van der Waals surface area contributed by atoms with Gasteiger partial charge in [0.15, 0.2) is 5.78 Å². The van der Waals surface area contributed by atoms with E-state index in [1.807, 2.05) is 61.5 Å². The van der Waals surface area contributed by atoms with E-state index in [4.69, 9.17) is 20.6 Å². The van der Waals surface area contributed by atoms with E-state index in [9.17, 15) is 9.36 Å². The van der Waals surface area contributed by atoms with Crippen LogP contribution < -0.4 is 5.32 Å². The Kier molecular flexibility index (Phi) is 9.26. The number of anilines is 2. The number of para-hydroxylation sites is 1. The molecule has 0 spiro atoms. The molecular formula is C27H29ClNO4P. The second-order valence-electron chi connectivity index (χ2n) is 7.58. The van der Waals surface area contributed by atoms with Gasteiger partial charge in [0, 0.05) is 22.5 Å². The van der Waals surface area contributed by atoms with Crippen molar-refractivity contribution in [2.45, 2.75) is 20.8 Å². The Hall–Kier alpha value is -2.69. The normalized spacial score (nSPS) is 11.6. The molecule has 0 atom stereocenters. The van der Waals surface area contributed by atoms with Crippen LogP contribution in [0.3, 0.4) is 0 Å². The molecular weight excluding hydrogens is 469 g/mol. The van der Waals surface area contributed by atoms with E-state index in [0.29, 0.717) is 29.4 Å². The van der Waals surface area contributed by atoms with E-state index < -0.39 is 7.60 Å². The summed E-state index contributed by atoms with van der Waals surface area (Å²) in [7, 11) is -3.15. The Morgan fingerprint density at radius 1 is 0.971 bits per heavy atom. The van der Waals surface area contributed by atoms with E-state index in [1.165, 1.54) is 0 Å². The van der Waals surface area contributed by atoms with Crippen LogP contribution in [0, 0.1) is 6.92 Å². The molecule has 7 heteroatoms. The standard InChI is InChI=1S/C27H29ClNO4P/c1-4-32-34(31,33-5-2)18-10-13-21-12-7-9-15-26(21)29-22-16-17-24(25(28)19-22)27(30)23-14-8-6-11-20(23)3/h6-17,19,29H,4-5,18H2,1-3H3. The lowest BCUT2D eigenvalue weighted by Crippen LogP contribution is -2.05. The number of allylic oxidation sites excluding steroid dienone is 1. The average molecular weight is 498 g/mol. The molecule has 5 nitrogen and oxygen atoms in total. The minimum Gasteiger partial charge on any atom is -0.355 e. The summed E-state index contributed by atoms with van der Waals surface area (Å²) in [6.45, 7) is 6.14. The summed E-state index contributed by atoms with van der Waals surface area (Å²) in [5.41, 5.74) is 4.49. The van der Waals surface area contributed by atoms with E-state index in [-0.39, 0.29) is 11.9 Å². The first-order valence-corrected chi connectivity index (χ1v) is 13.3. The molecule has 3 aromatic carbocycles. The van der Waals surface area contributed by atoms with Crippen LogP contribution in [-0.2, 0) is 13.6 Å². The van der Waals surface area contributed by atoms with Crippen molar-refractivity contribution in [3.63, 3.8) is 0 Å². The Morgan fingerprint density at radius 3 is 2.32 bits per heavy atom. The number of ketones is 1.